The summed E-state index contributed by atoms with van der Waals surface area (Å²) < 4.78 is 0. The zero-order chi connectivity index (χ0) is 20.4. The third-order valence-corrected chi connectivity index (χ3v) is 5.79. The molecule has 1 aliphatic carbocycles. The van der Waals surface area contributed by atoms with Crippen LogP contribution in [0.5, 0.6) is 0 Å². The number of benzene rings is 3. The number of carbonyl (C=O) groups excluding carboxylic acids is 2. The summed E-state index contributed by atoms with van der Waals surface area (Å²) in [6.07, 6.45) is 1.44. The second-order valence-electron chi connectivity index (χ2n) is 7.16. The smallest absolute Gasteiger partial charge is 0.255 e. The Morgan fingerprint density at radius 1 is 0.931 bits per heavy atom. The standard InChI is InChI=1S/C24H21ClN2O2/c25-20-13-7-12-19-18(20)14-15-21(19)27(24(29)17-10-5-2-6-11-17)22(23(26)28)16-8-3-1-4-9-16/h1-13,21-22H,14-15H2,(H2,26,28)/t21-,22?/m1/s1. The van der Waals surface area contributed by atoms with Gasteiger partial charge in [-0.25, -0.2) is 0 Å². The van der Waals surface area contributed by atoms with Crippen molar-refractivity contribution in [3.8, 4) is 0 Å². The van der Waals surface area contributed by atoms with Crippen LogP contribution >= 0.6 is 11.6 Å². The average Bonchev–Trinajstić information content (AvgIpc) is 3.17. The van der Waals surface area contributed by atoms with Gasteiger partial charge in [-0.05, 0) is 47.7 Å². The van der Waals surface area contributed by atoms with Gasteiger partial charge in [0.15, 0.2) is 0 Å². The predicted molar refractivity (Wildman–Crippen MR) is 114 cm³/mol. The van der Waals surface area contributed by atoms with Crippen LogP contribution < -0.4 is 5.73 Å². The summed E-state index contributed by atoms with van der Waals surface area (Å²) in [5.74, 6) is -0.785. The van der Waals surface area contributed by atoms with E-state index in [2.05, 4.69) is 0 Å². The molecule has 0 aromatic heterocycles. The van der Waals surface area contributed by atoms with Gasteiger partial charge < -0.3 is 10.6 Å². The lowest BCUT2D eigenvalue weighted by Crippen LogP contribution is -2.43. The van der Waals surface area contributed by atoms with Crippen LogP contribution in [0.25, 0.3) is 0 Å². The highest BCUT2D eigenvalue weighted by molar-refractivity contribution is 6.31. The van der Waals surface area contributed by atoms with Crippen molar-refractivity contribution in [1.82, 2.24) is 4.90 Å². The van der Waals surface area contributed by atoms with Crippen molar-refractivity contribution in [2.75, 3.05) is 0 Å². The third-order valence-electron chi connectivity index (χ3n) is 5.44. The molecule has 29 heavy (non-hydrogen) atoms. The van der Waals surface area contributed by atoms with E-state index >= 15 is 0 Å². The molecule has 0 fully saturated rings. The van der Waals surface area contributed by atoms with Gasteiger partial charge in [-0.3, -0.25) is 9.59 Å². The third kappa shape index (κ3) is 3.64. The Morgan fingerprint density at radius 2 is 1.59 bits per heavy atom. The molecule has 0 radical (unpaired) electrons. The maximum Gasteiger partial charge on any atom is 0.255 e. The molecule has 146 valence electrons. The van der Waals surface area contributed by atoms with E-state index in [-0.39, 0.29) is 11.9 Å². The Hall–Kier alpha value is -3.11. The number of halogens is 1. The van der Waals surface area contributed by atoms with Gasteiger partial charge in [-0.1, -0.05) is 72.3 Å². The molecule has 0 heterocycles. The van der Waals surface area contributed by atoms with Gasteiger partial charge in [0.2, 0.25) is 5.91 Å². The zero-order valence-electron chi connectivity index (χ0n) is 15.8. The first-order valence-corrected chi connectivity index (χ1v) is 9.95. The number of nitrogens with two attached hydrogens (primary N) is 1. The van der Waals surface area contributed by atoms with E-state index in [1.165, 1.54) is 0 Å². The summed E-state index contributed by atoms with van der Waals surface area (Å²) in [5, 5.41) is 0.687. The number of fused-ring (bicyclic) bond motifs is 1. The molecular formula is C24H21ClN2O2. The van der Waals surface area contributed by atoms with Crippen molar-refractivity contribution in [3.05, 3.63) is 106 Å². The number of amides is 2. The number of hydrogen-bond acceptors (Lipinski definition) is 2. The van der Waals surface area contributed by atoms with Gasteiger partial charge in [-0.2, -0.15) is 0 Å². The van der Waals surface area contributed by atoms with Crippen LogP contribution in [0.4, 0.5) is 0 Å². The molecule has 2 N–H and O–H groups in total. The highest BCUT2D eigenvalue weighted by atomic mass is 35.5. The average molecular weight is 405 g/mol. The number of carbonyl (C=O) groups is 2. The fourth-order valence-electron chi connectivity index (χ4n) is 4.14. The van der Waals surface area contributed by atoms with Gasteiger partial charge >= 0.3 is 0 Å². The first-order valence-electron chi connectivity index (χ1n) is 9.57. The maximum atomic E-state index is 13.6. The molecule has 1 aliphatic rings. The highest BCUT2D eigenvalue weighted by Crippen LogP contribution is 2.43. The van der Waals surface area contributed by atoms with E-state index in [1.54, 1.807) is 17.0 Å². The summed E-state index contributed by atoms with van der Waals surface area (Å²) >= 11 is 6.40. The summed E-state index contributed by atoms with van der Waals surface area (Å²) in [7, 11) is 0. The summed E-state index contributed by atoms with van der Waals surface area (Å²) in [4.78, 5) is 27.9. The van der Waals surface area contributed by atoms with E-state index in [9.17, 15) is 9.59 Å². The van der Waals surface area contributed by atoms with Gasteiger partial charge in [0.25, 0.3) is 5.91 Å². The minimum atomic E-state index is -0.876. The number of nitrogens with zero attached hydrogens (tertiary/aromatic N) is 1. The van der Waals surface area contributed by atoms with E-state index in [1.807, 2.05) is 66.7 Å². The molecule has 0 bridgehead atoms. The lowest BCUT2D eigenvalue weighted by Gasteiger charge is -2.36. The molecule has 4 rings (SSSR count). The van der Waals surface area contributed by atoms with E-state index in [4.69, 9.17) is 17.3 Å². The Kier molecular flexibility index (Phi) is 5.36. The quantitative estimate of drug-likeness (QED) is 0.670. The van der Waals surface area contributed by atoms with E-state index < -0.39 is 11.9 Å². The molecular weight excluding hydrogens is 384 g/mol. The van der Waals surface area contributed by atoms with Crippen molar-refractivity contribution in [2.45, 2.75) is 24.9 Å². The first kappa shape index (κ1) is 19.2. The molecule has 0 aliphatic heterocycles. The summed E-state index contributed by atoms with van der Waals surface area (Å²) in [6, 6.07) is 22.8. The normalized spacial score (nSPS) is 16.1. The molecule has 4 nitrogen and oxygen atoms in total. The fraction of sp³-hybridized carbons (Fsp3) is 0.167. The molecule has 1 unspecified atom stereocenters. The van der Waals surface area contributed by atoms with Crippen molar-refractivity contribution < 1.29 is 9.59 Å². The first-order chi connectivity index (χ1) is 14.1. The fourth-order valence-corrected chi connectivity index (χ4v) is 4.42. The minimum absolute atomic E-state index is 0.226. The molecule has 5 heteroatoms. The van der Waals surface area contributed by atoms with Crippen molar-refractivity contribution >= 4 is 23.4 Å². The monoisotopic (exact) mass is 404 g/mol. The Morgan fingerprint density at radius 3 is 2.24 bits per heavy atom. The lowest BCUT2D eigenvalue weighted by atomic mass is 9.98. The van der Waals surface area contributed by atoms with Gasteiger partial charge in [0.05, 0.1) is 6.04 Å². The molecule has 3 aromatic carbocycles. The van der Waals surface area contributed by atoms with Crippen LogP contribution in [-0.2, 0) is 11.2 Å². The largest absolute Gasteiger partial charge is 0.368 e. The molecule has 0 spiro atoms. The molecule has 0 saturated carbocycles. The summed E-state index contributed by atoms with van der Waals surface area (Å²) in [5.41, 5.74) is 9.06. The highest BCUT2D eigenvalue weighted by Gasteiger charge is 2.39. The Bertz CT molecular complexity index is 1040. The molecule has 3 aromatic rings. The Labute approximate surface area is 174 Å². The maximum absolute atomic E-state index is 13.6. The Balaban J connectivity index is 1.86. The van der Waals surface area contributed by atoms with Crippen LogP contribution in [0.15, 0.2) is 78.9 Å². The van der Waals surface area contributed by atoms with Gasteiger partial charge in [0.1, 0.15) is 6.04 Å². The van der Waals surface area contributed by atoms with Crippen molar-refractivity contribution in [2.24, 2.45) is 5.73 Å². The van der Waals surface area contributed by atoms with E-state index in [0.29, 0.717) is 22.6 Å². The number of primary amides is 1. The SMILES string of the molecule is NC(=O)C(c1ccccc1)N(C(=O)c1ccccc1)[C@@H]1CCc2c(Cl)cccc21. The lowest BCUT2D eigenvalue weighted by molar-refractivity contribution is -0.123. The van der Waals surface area contributed by atoms with Gasteiger partial charge in [-0.15, -0.1) is 0 Å². The second-order valence-corrected chi connectivity index (χ2v) is 7.56. The van der Waals surface area contributed by atoms with Crippen LogP contribution in [0, 0.1) is 0 Å². The summed E-state index contributed by atoms with van der Waals surface area (Å²) in [6.45, 7) is 0. The topological polar surface area (TPSA) is 63.4 Å². The van der Waals surface area contributed by atoms with Crippen LogP contribution in [0.2, 0.25) is 5.02 Å². The van der Waals surface area contributed by atoms with Crippen molar-refractivity contribution in [3.63, 3.8) is 0 Å². The van der Waals surface area contributed by atoms with Gasteiger partial charge in [0, 0.05) is 10.6 Å². The predicted octanol–water partition coefficient (Wildman–Crippen LogP) is 4.70. The van der Waals surface area contributed by atoms with Crippen molar-refractivity contribution in [1.29, 1.82) is 0 Å². The zero-order valence-corrected chi connectivity index (χ0v) is 16.5. The van der Waals surface area contributed by atoms with Crippen LogP contribution in [0.1, 0.15) is 45.6 Å². The van der Waals surface area contributed by atoms with Crippen LogP contribution in [-0.4, -0.2) is 16.7 Å². The molecule has 0 saturated heterocycles. The van der Waals surface area contributed by atoms with Crippen LogP contribution in [0.3, 0.4) is 0 Å². The number of hydrogen-bond donors (Lipinski definition) is 1. The van der Waals surface area contributed by atoms with E-state index in [0.717, 1.165) is 17.5 Å². The number of rotatable bonds is 5. The second kappa shape index (κ2) is 8.10. The minimum Gasteiger partial charge on any atom is -0.368 e. The molecule has 2 atom stereocenters. The molecule has 2 amide bonds.